The molecule has 0 radical (unpaired) electrons. The minimum atomic E-state index is -0.720. The molecule has 1 aromatic rings. The lowest BCUT2D eigenvalue weighted by atomic mass is 10.1. The Morgan fingerprint density at radius 2 is 2.26 bits per heavy atom. The lowest BCUT2D eigenvalue weighted by Gasteiger charge is -2.21. The molecule has 1 saturated carbocycles. The Morgan fingerprint density at radius 3 is 2.89 bits per heavy atom. The van der Waals surface area contributed by atoms with Crippen molar-refractivity contribution in [2.75, 3.05) is 11.4 Å². The zero-order valence-corrected chi connectivity index (χ0v) is 12.1. The molecular formula is C14H20N2O2S. The molecule has 1 fully saturated rings. The van der Waals surface area contributed by atoms with E-state index in [0.717, 1.165) is 30.2 Å². The highest BCUT2D eigenvalue weighted by atomic mass is 32.1. The first-order chi connectivity index (χ1) is 9.20. The van der Waals surface area contributed by atoms with Crippen molar-refractivity contribution in [3.8, 4) is 0 Å². The number of anilines is 1. The number of aromatic nitrogens is 1. The second-order valence-electron chi connectivity index (χ2n) is 5.51. The van der Waals surface area contributed by atoms with E-state index in [-0.39, 0.29) is 5.92 Å². The summed E-state index contributed by atoms with van der Waals surface area (Å²) in [7, 11) is 0. The summed E-state index contributed by atoms with van der Waals surface area (Å²) >= 11 is 1.72. The van der Waals surface area contributed by atoms with E-state index >= 15 is 0 Å². The van der Waals surface area contributed by atoms with Crippen LogP contribution in [0.4, 0.5) is 5.13 Å². The van der Waals surface area contributed by atoms with Gasteiger partial charge in [-0.25, -0.2) is 4.98 Å². The second-order valence-corrected chi connectivity index (χ2v) is 6.57. The van der Waals surface area contributed by atoms with E-state index in [1.165, 1.54) is 30.6 Å². The van der Waals surface area contributed by atoms with Crippen LogP contribution in [-0.2, 0) is 11.2 Å². The molecule has 1 heterocycles. The first-order valence-corrected chi connectivity index (χ1v) is 8.01. The normalized spacial score (nSPS) is 21.4. The summed E-state index contributed by atoms with van der Waals surface area (Å²) in [5.41, 5.74) is 0.842. The standard InChI is InChI=1S/C14H20N2O2S/c1-2-3-8-16(9-4-5-9)14-15-12-10(13(17)18)6-7-11(12)19-14/h9-10H,2-8H2,1H3,(H,17,18). The van der Waals surface area contributed by atoms with E-state index in [9.17, 15) is 9.90 Å². The predicted octanol–water partition coefficient (Wildman–Crippen LogP) is 3.03. The molecule has 0 saturated heterocycles. The molecule has 2 aliphatic carbocycles. The zero-order chi connectivity index (χ0) is 13.4. The lowest BCUT2D eigenvalue weighted by molar-refractivity contribution is -0.138. The molecule has 2 aliphatic rings. The van der Waals surface area contributed by atoms with Gasteiger partial charge >= 0.3 is 5.97 Å². The van der Waals surface area contributed by atoms with Crippen LogP contribution in [0.5, 0.6) is 0 Å². The summed E-state index contributed by atoms with van der Waals surface area (Å²) < 4.78 is 0. The fourth-order valence-corrected chi connectivity index (χ4v) is 3.96. The number of aliphatic carboxylic acids is 1. The molecule has 1 N–H and O–H groups in total. The van der Waals surface area contributed by atoms with Crippen LogP contribution in [0.15, 0.2) is 0 Å². The Labute approximate surface area is 117 Å². The van der Waals surface area contributed by atoms with Gasteiger partial charge in [0.1, 0.15) is 5.92 Å². The number of rotatable bonds is 6. The summed E-state index contributed by atoms with van der Waals surface area (Å²) in [6, 6.07) is 0.654. The maximum absolute atomic E-state index is 11.2. The summed E-state index contributed by atoms with van der Waals surface area (Å²) in [5.74, 6) is -1.09. The van der Waals surface area contributed by atoms with E-state index in [0.29, 0.717) is 6.04 Å². The van der Waals surface area contributed by atoms with E-state index in [1.54, 1.807) is 11.3 Å². The first-order valence-electron chi connectivity index (χ1n) is 7.19. The van der Waals surface area contributed by atoms with Gasteiger partial charge in [-0.15, -0.1) is 11.3 Å². The first kappa shape index (κ1) is 12.9. The van der Waals surface area contributed by atoms with Crippen molar-refractivity contribution in [3.63, 3.8) is 0 Å². The van der Waals surface area contributed by atoms with Crippen LogP contribution >= 0.6 is 11.3 Å². The Kier molecular flexibility index (Phi) is 3.48. The summed E-state index contributed by atoms with van der Waals surface area (Å²) in [6.07, 6.45) is 6.50. The van der Waals surface area contributed by atoms with Crippen molar-refractivity contribution in [2.45, 2.75) is 57.4 Å². The van der Waals surface area contributed by atoms with Gasteiger partial charge in [0.2, 0.25) is 0 Å². The molecule has 4 nitrogen and oxygen atoms in total. The van der Waals surface area contributed by atoms with E-state index < -0.39 is 5.97 Å². The van der Waals surface area contributed by atoms with Gasteiger partial charge in [-0.05, 0) is 32.1 Å². The van der Waals surface area contributed by atoms with Gasteiger partial charge in [0.05, 0.1) is 5.69 Å². The highest BCUT2D eigenvalue weighted by molar-refractivity contribution is 7.15. The van der Waals surface area contributed by atoms with E-state index in [4.69, 9.17) is 0 Å². The number of carboxylic acid groups (broad SMARTS) is 1. The van der Waals surface area contributed by atoms with Crippen LogP contribution in [0.3, 0.4) is 0 Å². The van der Waals surface area contributed by atoms with Gasteiger partial charge in [0.15, 0.2) is 5.13 Å². The van der Waals surface area contributed by atoms with Crippen molar-refractivity contribution >= 4 is 22.4 Å². The molecule has 1 unspecified atom stereocenters. The lowest BCUT2D eigenvalue weighted by Crippen LogP contribution is -2.26. The van der Waals surface area contributed by atoms with Gasteiger partial charge in [0, 0.05) is 17.5 Å². The minimum Gasteiger partial charge on any atom is -0.481 e. The Bertz CT molecular complexity index is 482. The van der Waals surface area contributed by atoms with Crippen LogP contribution in [0, 0.1) is 0 Å². The van der Waals surface area contributed by atoms with Crippen molar-refractivity contribution in [2.24, 2.45) is 0 Å². The SMILES string of the molecule is CCCCN(c1nc2c(s1)CCC2C(=O)O)C1CC1. The molecule has 5 heteroatoms. The summed E-state index contributed by atoms with van der Waals surface area (Å²) in [6.45, 7) is 3.26. The van der Waals surface area contributed by atoms with Crippen LogP contribution < -0.4 is 4.90 Å². The smallest absolute Gasteiger partial charge is 0.312 e. The van der Waals surface area contributed by atoms with Crippen molar-refractivity contribution < 1.29 is 9.90 Å². The molecule has 19 heavy (non-hydrogen) atoms. The molecule has 0 aromatic carbocycles. The Hall–Kier alpha value is -1.10. The Morgan fingerprint density at radius 1 is 1.47 bits per heavy atom. The van der Waals surface area contributed by atoms with Crippen molar-refractivity contribution in [1.29, 1.82) is 0 Å². The third-order valence-corrected chi connectivity index (χ3v) is 5.16. The number of unbranched alkanes of at least 4 members (excludes halogenated alkanes) is 1. The average molecular weight is 280 g/mol. The molecule has 0 amide bonds. The number of nitrogens with zero attached hydrogens (tertiary/aromatic N) is 2. The van der Waals surface area contributed by atoms with Gasteiger partial charge in [-0.2, -0.15) is 0 Å². The number of fused-ring (bicyclic) bond motifs is 1. The second kappa shape index (κ2) is 5.12. The van der Waals surface area contributed by atoms with Crippen LogP contribution in [0.2, 0.25) is 0 Å². The molecule has 0 aliphatic heterocycles. The maximum Gasteiger partial charge on any atom is 0.312 e. The van der Waals surface area contributed by atoms with Crippen LogP contribution in [0.1, 0.15) is 55.5 Å². The van der Waals surface area contributed by atoms with Gasteiger partial charge in [-0.1, -0.05) is 13.3 Å². The number of hydrogen-bond donors (Lipinski definition) is 1. The fraction of sp³-hybridized carbons (Fsp3) is 0.714. The fourth-order valence-electron chi connectivity index (χ4n) is 2.73. The summed E-state index contributed by atoms with van der Waals surface area (Å²) in [4.78, 5) is 19.5. The van der Waals surface area contributed by atoms with Gasteiger partial charge < -0.3 is 10.0 Å². The van der Waals surface area contributed by atoms with E-state index in [1.807, 2.05) is 0 Å². The number of carbonyl (C=O) groups is 1. The maximum atomic E-state index is 11.2. The topological polar surface area (TPSA) is 53.4 Å². The van der Waals surface area contributed by atoms with Crippen molar-refractivity contribution in [1.82, 2.24) is 4.98 Å². The zero-order valence-electron chi connectivity index (χ0n) is 11.3. The highest BCUT2D eigenvalue weighted by Gasteiger charge is 2.36. The monoisotopic (exact) mass is 280 g/mol. The highest BCUT2D eigenvalue weighted by Crippen LogP contribution is 2.42. The predicted molar refractivity (Wildman–Crippen MR) is 76.1 cm³/mol. The molecule has 104 valence electrons. The van der Waals surface area contributed by atoms with Gasteiger partial charge in [-0.3, -0.25) is 4.79 Å². The van der Waals surface area contributed by atoms with Crippen LogP contribution in [0.25, 0.3) is 0 Å². The molecule has 0 bridgehead atoms. The average Bonchev–Trinajstić information content (AvgIpc) is 2.98. The van der Waals surface area contributed by atoms with Crippen LogP contribution in [-0.4, -0.2) is 28.6 Å². The summed E-state index contributed by atoms with van der Waals surface area (Å²) in [5, 5.41) is 10.3. The molecule has 3 rings (SSSR count). The van der Waals surface area contributed by atoms with Gasteiger partial charge in [0.25, 0.3) is 0 Å². The molecule has 1 aromatic heterocycles. The number of thiazole rings is 1. The largest absolute Gasteiger partial charge is 0.481 e. The quantitative estimate of drug-likeness (QED) is 0.870. The number of carboxylic acids is 1. The third-order valence-electron chi connectivity index (χ3n) is 3.99. The Balaban J connectivity index is 1.81. The molecule has 0 spiro atoms. The molecular weight excluding hydrogens is 260 g/mol. The third kappa shape index (κ3) is 2.48. The van der Waals surface area contributed by atoms with Crippen molar-refractivity contribution in [3.05, 3.63) is 10.6 Å². The number of hydrogen-bond acceptors (Lipinski definition) is 4. The number of aryl methyl sites for hydroxylation is 1. The van der Waals surface area contributed by atoms with E-state index in [2.05, 4.69) is 16.8 Å². The molecule has 1 atom stereocenters. The minimum absolute atomic E-state index is 0.368.